The first-order chi connectivity index (χ1) is 8.31. The Kier molecular flexibility index (Phi) is 3.49. The molecule has 0 bridgehead atoms. The van der Waals surface area contributed by atoms with Crippen LogP contribution >= 0.6 is 0 Å². The first-order valence-electron chi connectivity index (χ1n) is 5.48. The summed E-state index contributed by atoms with van der Waals surface area (Å²) in [5.74, 6) is -0.0157. The van der Waals surface area contributed by atoms with Gasteiger partial charge in [-0.1, -0.05) is 0 Å². The molecule has 0 saturated heterocycles. The molecule has 1 amide bonds. The number of hydrogen-bond donors (Lipinski definition) is 1. The van der Waals surface area contributed by atoms with Crippen LogP contribution < -0.4 is 0 Å². The first kappa shape index (κ1) is 11.3. The highest BCUT2D eigenvalue weighted by Gasteiger charge is 2.14. The molecule has 2 aromatic heterocycles. The molecule has 2 heterocycles. The number of nitrogens with one attached hydrogen (secondary N) is 1. The summed E-state index contributed by atoms with van der Waals surface area (Å²) in [4.78, 5) is 17.8. The van der Waals surface area contributed by atoms with Crippen molar-refractivity contribution < 1.29 is 4.79 Å². The third-order valence-corrected chi connectivity index (χ3v) is 2.54. The summed E-state index contributed by atoms with van der Waals surface area (Å²) in [5.41, 5.74) is 1.65. The van der Waals surface area contributed by atoms with Gasteiger partial charge in [-0.3, -0.25) is 14.9 Å². The van der Waals surface area contributed by atoms with Crippen LogP contribution in [0.3, 0.4) is 0 Å². The van der Waals surface area contributed by atoms with Gasteiger partial charge in [0.1, 0.15) is 0 Å². The summed E-state index contributed by atoms with van der Waals surface area (Å²) in [7, 11) is 0. The van der Waals surface area contributed by atoms with Crippen LogP contribution in [0.1, 0.15) is 22.8 Å². The van der Waals surface area contributed by atoms with Gasteiger partial charge in [-0.05, 0) is 24.6 Å². The number of hydrogen-bond acceptors (Lipinski definition) is 3. The number of amides is 1. The smallest absolute Gasteiger partial charge is 0.257 e. The van der Waals surface area contributed by atoms with E-state index < -0.39 is 0 Å². The molecule has 17 heavy (non-hydrogen) atoms. The predicted octanol–water partition coefficient (Wildman–Crippen LogP) is 1.47. The minimum absolute atomic E-state index is 0.0157. The van der Waals surface area contributed by atoms with E-state index in [-0.39, 0.29) is 5.91 Å². The lowest BCUT2D eigenvalue weighted by molar-refractivity contribution is 0.0752. The number of carbonyl (C=O) groups excluding carboxylic acids is 1. The molecule has 0 fully saturated rings. The first-order valence-corrected chi connectivity index (χ1v) is 5.48. The van der Waals surface area contributed by atoms with Gasteiger partial charge in [-0.15, -0.1) is 0 Å². The fourth-order valence-electron chi connectivity index (χ4n) is 1.59. The fourth-order valence-corrected chi connectivity index (χ4v) is 1.59. The van der Waals surface area contributed by atoms with Crippen LogP contribution in [-0.2, 0) is 6.54 Å². The molecule has 2 rings (SSSR count). The molecular formula is C12H14N4O. The monoisotopic (exact) mass is 230 g/mol. The summed E-state index contributed by atoms with van der Waals surface area (Å²) in [6.07, 6.45) is 6.60. The van der Waals surface area contributed by atoms with Gasteiger partial charge in [0.15, 0.2) is 0 Å². The molecule has 0 saturated carbocycles. The molecule has 0 aliphatic rings. The normalized spacial score (nSPS) is 10.2. The Balaban J connectivity index is 2.10. The van der Waals surface area contributed by atoms with Crippen molar-refractivity contribution in [1.29, 1.82) is 0 Å². The highest BCUT2D eigenvalue weighted by atomic mass is 16.2. The van der Waals surface area contributed by atoms with Crippen LogP contribution in [0.5, 0.6) is 0 Å². The van der Waals surface area contributed by atoms with Gasteiger partial charge in [0.2, 0.25) is 0 Å². The Bertz CT molecular complexity index is 467. The van der Waals surface area contributed by atoms with Gasteiger partial charge < -0.3 is 4.90 Å². The maximum atomic E-state index is 12.1. The van der Waals surface area contributed by atoms with E-state index in [0.717, 1.165) is 5.56 Å². The maximum Gasteiger partial charge on any atom is 0.257 e. The second-order valence-electron chi connectivity index (χ2n) is 3.66. The molecule has 88 valence electrons. The van der Waals surface area contributed by atoms with Crippen LogP contribution in [0.25, 0.3) is 0 Å². The summed E-state index contributed by atoms with van der Waals surface area (Å²) in [6.45, 7) is 3.20. The molecule has 0 aromatic carbocycles. The van der Waals surface area contributed by atoms with E-state index in [2.05, 4.69) is 15.2 Å². The maximum absolute atomic E-state index is 12.1. The third-order valence-electron chi connectivity index (χ3n) is 2.54. The molecule has 0 aliphatic heterocycles. The fraction of sp³-hybridized carbons (Fsp3) is 0.250. The summed E-state index contributed by atoms with van der Waals surface area (Å²) >= 11 is 0. The van der Waals surface area contributed by atoms with Gasteiger partial charge in [0.05, 0.1) is 11.8 Å². The number of nitrogens with zero attached hydrogens (tertiary/aromatic N) is 3. The SMILES string of the molecule is CCN(Cc1ccncc1)C(=O)c1cn[nH]c1. The molecule has 2 aromatic rings. The highest BCUT2D eigenvalue weighted by Crippen LogP contribution is 2.07. The zero-order chi connectivity index (χ0) is 12.1. The lowest BCUT2D eigenvalue weighted by Crippen LogP contribution is -2.30. The number of pyridine rings is 1. The van der Waals surface area contributed by atoms with Gasteiger partial charge in [0, 0.05) is 31.7 Å². The molecule has 0 unspecified atom stereocenters. The minimum Gasteiger partial charge on any atom is -0.334 e. The van der Waals surface area contributed by atoms with E-state index in [1.54, 1.807) is 23.5 Å². The minimum atomic E-state index is -0.0157. The van der Waals surface area contributed by atoms with E-state index in [1.807, 2.05) is 19.1 Å². The van der Waals surface area contributed by atoms with Gasteiger partial charge >= 0.3 is 0 Å². The second-order valence-corrected chi connectivity index (χ2v) is 3.66. The molecule has 0 radical (unpaired) electrons. The Labute approximate surface area is 99.5 Å². The molecule has 5 heteroatoms. The molecule has 0 atom stereocenters. The standard InChI is InChI=1S/C12H14N4O/c1-2-16(9-10-3-5-13-6-4-10)12(17)11-7-14-15-8-11/h3-8H,2,9H2,1H3,(H,14,15). The lowest BCUT2D eigenvalue weighted by Gasteiger charge is -2.20. The molecule has 5 nitrogen and oxygen atoms in total. The van der Waals surface area contributed by atoms with Gasteiger partial charge in [-0.25, -0.2) is 0 Å². The Hall–Kier alpha value is -2.17. The number of carbonyl (C=O) groups is 1. The van der Waals surface area contributed by atoms with Crippen molar-refractivity contribution in [3.8, 4) is 0 Å². The molecular weight excluding hydrogens is 216 g/mol. The third kappa shape index (κ3) is 2.69. The van der Waals surface area contributed by atoms with Crippen molar-refractivity contribution in [3.05, 3.63) is 48.0 Å². The van der Waals surface area contributed by atoms with E-state index >= 15 is 0 Å². The molecule has 1 N–H and O–H groups in total. The number of rotatable bonds is 4. The van der Waals surface area contributed by atoms with Crippen molar-refractivity contribution in [2.75, 3.05) is 6.54 Å². The molecule has 0 spiro atoms. The number of aromatic amines is 1. The van der Waals surface area contributed by atoms with E-state index in [0.29, 0.717) is 18.7 Å². The van der Waals surface area contributed by atoms with Gasteiger partial charge in [-0.2, -0.15) is 5.10 Å². The van der Waals surface area contributed by atoms with E-state index in [9.17, 15) is 4.79 Å². The number of H-pyrrole nitrogens is 1. The van der Waals surface area contributed by atoms with E-state index in [1.165, 1.54) is 6.20 Å². The summed E-state index contributed by atoms with van der Waals surface area (Å²) in [6, 6.07) is 3.82. The zero-order valence-electron chi connectivity index (χ0n) is 9.63. The highest BCUT2D eigenvalue weighted by molar-refractivity contribution is 5.93. The Morgan fingerprint density at radius 1 is 1.41 bits per heavy atom. The average molecular weight is 230 g/mol. The van der Waals surface area contributed by atoms with Crippen LogP contribution in [0, 0.1) is 0 Å². The quantitative estimate of drug-likeness (QED) is 0.865. The van der Waals surface area contributed by atoms with Crippen molar-refractivity contribution in [3.63, 3.8) is 0 Å². The van der Waals surface area contributed by atoms with Crippen LogP contribution in [-0.4, -0.2) is 32.5 Å². The summed E-state index contributed by atoms with van der Waals surface area (Å²) in [5, 5.41) is 6.43. The van der Waals surface area contributed by atoms with Crippen LogP contribution in [0.4, 0.5) is 0 Å². The van der Waals surface area contributed by atoms with Crippen molar-refractivity contribution in [2.45, 2.75) is 13.5 Å². The van der Waals surface area contributed by atoms with Crippen molar-refractivity contribution in [1.82, 2.24) is 20.1 Å². The molecule has 0 aliphatic carbocycles. The Morgan fingerprint density at radius 2 is 2.18 bits per heavy atom. The lowest BCUT2D eigenvalue weighted by atomic mass is 10.2. The largest absolute Gasteiger partial charge is 0.334 e. The van der Waals surface area contributed by atoms with Crippen molar-refractivity contribution in [2.24, 2.45) is 0 Å². The average Bonchev–Trinajstić information content (AvgIpc) is 2.90. The Morgan fingerprint density at radius 3 is 2.76 bits per heavy atom. The van der Waals surface area contributed by atoms with E-state index in [4.69, 9.17) is 0 Å². The number of aromatic nitrogens is 3. The zero-order valence-corrected chi connectivity index (χ0v) is 9.63. The van der Waals surface area contributed by atoms with Crippen LogP contribution in [0.2, 0.25) is 0 Å². The van der Waals surface area contributed by atoms with Gasteiger partial charge in [0.25, 0.3) is 5.91 Å². The summed E-state index contributed by atoms with van der Waals surface area (Å²) < 4.78 is 0. The topological polar surface area (TPSA) is 61.9 Å². The second kappa shape index (κ2) is 5.25. The predicted molar refractivity (Wildman–Crippen MR) is 63.2 cm³/mol. The van der Waals surface area contributed by atoms with Crippen LogP contribution in [0.15, 0.2) is 36.9 Å². The van der Waals surface area contributed by atoms with Crippen molar-refractivity contribution >= 4 is 5.91 Å².